The summed E-state index contributed by atoms with van der Waals surface area (Å²) in [6, 6.07) is 14.1. The Morgan fingerprint density at radius 1 is 0.920 bits per heavy atom. The van der Waals surface area contributed by atoms with Gasteiger partial charge >= 0.3 is 0 Å². The van der Waals surface area contributed by atoms with Crippen molar-refractivity contribution < 1.29 is 9.18 Å². The van der Waals surface area contributed by atoms with E-state index >= 15 is 0 Å². The number of carbonyl (C=O) groups excluding carboxylic acids is 1. The van der Waals surface area contributed by atoms with Gasteiger partial charge in [-0.3, -0.25) is 9.69 Å². The Labute approximate surface area is 153 Å². The molecule has 0 aliphatic carbocycles. The molecule has 3 rings (SSSR count). The third-order valence-corrected chi connectivity index (χ3v) is 4.78. The lowest BCUT2D eigenvalue weighted by molar-refractivity contribution is -0.130. The summed E-state index contributed by atoms with van der Waals surface area (Å²) in [5, 5.41) is 0.683. The molecule has 1 amide bonds. The molecule has 2 aromatic carbocycles. The minimum atomic E-state index is -0.210. The summed E-state index contributed by atoms with van der Waals surface area (Å²) in [5.41, 5.74) is 2.09. The van der Waals surface area contributed by atoms with Gasteiger partial charge in [0.1, 0.15) is 5.82 Å². The minimum Gasteiger partial charge on any atom is -0.341 e. The average molecular weight is 361 g/mol. The number of carbonyl (C=O) groups is 1. The summed E-state index contributed by atoms with van der Waals surface area (Å²) in [4.78, 5) is 16.8. The largest absolute Gasteiger partial charge is 0.341 e. The molecular formula is C20H22ClFN2O. The van der Waals surface area contributed by atoms with Crippen LogP contribution in [-0.4, -0.2) is 41.9 Å². The van der Waals surface area contributed by atoms with E-state index in [4.69, 9.17) is 11.6 Å². The molecule has 2 aromatic rings. The Morgan fingerprint density at radius 3 is 2.32 bits per heavy atom. The predicted octanol–water partition coefficient (Wildman–Crippen LogP) is 3.76. The number of rotatable bonds is 4. The van der Waals surface area contributed by atoms with E-state index in [9.17, 15) is 9.18 Å². The molecule has 25 heavy (non-hydrogen) atoms. The number of benzene rings is 2. The van der Waals surface area contributed by atoms with Crippen molar-refractivity contribution in [2.75, 3.05) is 26.2 Å². The lowest BCUT2D eigenvalue weighted by Crippen LogP contribution is -2.36. The van der Waals surface area contributed by atoms with Crippen LogP contribution in [0.3, 0.4) is 0 Å². The zero-order valence-electron chi connectivity index (χ0n) is 14.1. The van der Waals surface area contributed by atoms with E-state index in [-0.39, 0.29) is 11.7 Å². The van der Waals surface area contributed by atoms with Crippen LogP contribution in [0, 0.1) is 5.82 Å². The molecule has 3 nitrogen and oxygen atoms in total. The van der Waals surface area contributed by atoms with Crippen molar-refractivity contribution >= 4 is 17.5 Å². The maximum absolute atomic E-state index is 13.0. The molecule has 0 unspecified atom stereocenters. The Bertz CT molecular complexity index is 703. The maximum atomic E-state index is 13.0. The summed E-state index contributed by atoms with van der Waals surface area (Å²) in [6.07, 6.45) is 1.36. The van der Waals surface area contributed by atoms with Crippen LogP contribution in [-0.2, 0) is 17.8 Å². The van der Waals surface area contributed by atoms with Gasteiger partial charge in [-0.1, -0.05) is 35.9 Å². The Hall–Kier alpha value is -1.91. The number of hydrogen-bond acceptors (Lipinski definition) is 2. The molecule has 0 radical (unpaired) electrons. The lowest BCUT2D eigenvalue weighted by atomic mass is 10.1. The molecule has 1 heterocycles. The first-order valence-corrected chi connectivity index (χ1v) is 8.97. The Balaban J connectivity index is 1.52. The summed E-state index contributed by atoms with van der Waals surface area (Å²) < 4.78 is 13.0. The molecule has 0 spiro atoms. The normalized spacial score (nSPS) is 15.8. The zero-order valence-corrected chi connectivity index (χ0v) is 14.9. The van der Waals surface area contributed by atoms with Crippen molar-refractivity contribution in [3.8, 4) is 0 Å². The average Bonchev–Trinajstić information content (AvgIpc) is 2.85. The second-order valence-electron chi connectivity index (χ2n) is 6.44. The van der Waals surface area contributed by atoms with E-state index in [1.807, 2.05) is 41.3 Å². The van der Waals surface area contributed by atoms with Crippen LogP contribution in [0.4, 0.5) is 4.39 Å². The fourth-order valence-corrected chi connectivity index (χ4v) is 3.24. The van der Waals surface area contributed by atoms with Gasteiger partial charge in [0.05, 0.1) is 6.42 Å². The van der Waals surface area contributed by atoms with Gasteiger partial charge < -0.3 is 4.90 Å². The highest BCUT2D eigenvalue weighted by atomic mass is 35.5. The van der Waals surface area contributed by atoms with Gasteiger partial charge in [0.2, 0.25) is 5.91 Å². The van der Waals surface area contributed by atoms with Gasteiger partial charge in [0.25, 0.3) is 0 Å². The highest BCUT2D eigenvalue weighted by Crippen LogP contribution is 2.13. The van der Waals surface area contributed by atoms with Crippen LogP contribution >= 0.6 is 11.6 Å². The van der Waals surface area contributed by atoms with Crippen molar-refractivity contribution in [2.24, 2.45) is 0 Å². The predicted molar refractivity (Wildman–Crippen MR) is 98.0 cm³/mol. The van der Waals surface area contributed by atoms with Crippen LogP contribution in [0.1, 0.15) is 17.5 Å². The molecule has 1 aliphatic rings. The van der Waals surface area contributed by atoms with Crippen LogP contribution in [0.15, 0.2) is 48.5 Å². The van der Waals surface area contributed by atoms with Crippen molar-refractivity contribution in [1.82, 2.24) is 9.80 Å². The lowest BCUT2D eigenvalue weighted by Gasteiger charge is -2.22. The molecule has 0 saturated carbocycles. The smallest absolute Gasteiger partial charge is 0.227 e. The Morgan fingerprint density at radius 2 is 1.60 bits per heavy atom. The summed E-state index contributed by atoms with van der Waals surface area (Å²) in [7, 11) is 0. The van der Waals surface area contributed by atoms with E-state index in [1.54, 1.807) is 0 Å². The summed E-state index contributed by atoms with van der Waals surface area (Å²) in [5.74, 6) is -0.0513. The number of halogens is 2. The van der Waals surface area contributed by atoms with Crippen molar-refractivity contribution in [1.29, 1.82) is 0 Å². The molecule has 0 atom stereocenters. The monoisotopic (exact) mass is 360 g/mol. The highest BCUT2D eigenvalue weighted by Gasteiger charge is 2.19. The van der Waals surface area contributed by atoms with Gasteiger partial charge in [-0.2, -0.15) is 0 Å². The number of nitrogens with zero attached hydrogens (tertiary/aromatic N) is 2. The number of hydrogen-bond donors (Lipinski definition) is 0. The van der Waals surface area contributed by atoms with Gasteiger partial charge in [-0.05, 0) is 41.8 Å². The maximum Gasteiger partial charge on any atom is 0.227 e. The van der Waals surface area contributed by atoms with Crippen molar-refractivity contribution in [3.63, 3.8) is 0 Å². The molecule has 1 saturated heterocycles. The molecule has 0 aromatic heterocycles. The molecular weight excluding hydrogens is 339 g/mol. The third-order valence-electron chi connectivity index (χ3n) is 4.53. The van der Waals surface area contributed by atoms with E-state index in [1.165, 1.54) is 12.1 Å². The van der Waals surface area contributed by atoms with Crippen LogP contribution < -0.4 is 0 Å². The zero-order chi connectivity index (χ0) is 17.6. The van der Waals surface area contributed by atoms with E-state index < -0.39 is 0 Å². The Kier molecular flexibility index (Phi) is 6.05. The number of amides is 1. The van der Waals surface area contributed by atoms with Gasteiger partial charge in [0.15, 0.2) is 0 Å². The quantitative estimate of drug-likeness (QED) is 0.829. The first-order chi connectivity index (χ1) is 12.1. The molecule has 1 aliphatic heterocycles. The van der Waals surface area contributed by atoms with Crippen molar-refractivity contribution in [2.45, 2.75) is 19.4 Å². The molecule has 1 fully saturated rings. The standard InChI is InChI=1S/C20H22ClFN2O/c21-18-6-2-16(3-7-18)14-20(25)24-11-1-10-23(12-13-24)15-17-4-8-19(22)9-5-17/h2-9H,1,10-15H2. The molecule has 5 heteroatoms. The van der Waals surface area contributed by atoms with E-state index in [0.29, 0.717) is 11.4 Å². The van der Waals surface area contributed by atoms with Gasteiger partial charge in [-0.15, -0.1) is 0 Å². The summed E-state index contributed by atoms with van der Waals surface area (Å²) >= 11 is 5.89. The van der Waals surface area contributed by atoms with Crippen LogP contribution in [0.25, 0.3) is 0 Å². The van der Waals surface area contributed by atoms with E-state index in [0.717, 1.165) is 50.3 Å². The topological polar surface area (TPSA) is 23.6 Å². The second-order valence-corrected chi connectivity index (χ2v) is 6.88. The van der Waals surface area contributed by atoms with Gasteiger partial charge in [-0.25, -0.2) is 4.39 Å². The first-order valence-electron chi connectivity index (χ1n) is 8.59. The summed E-state index contributed by atoms with van der Waals surface area (Å²) in [6.45, 7) is 4.09. The van der Waals surface area contributed by atoms with Gasteiger partial charge in [0, 0.05) is 37.7 Å². The third kappa shape index (κ3) is 5.28. The molecule has 0 N–H and O–H groups in total. The van der Waals surface area contributed by atoms with Crippen molar-refractivity contribution in [3.05, 3.63) is 70.5 Å². The minimum absolute atomic E-state index is 0.158. The highest BCUT2D eigenvalue weighted by molar-refractivity contribution is 6.30. The SMILES string of the molecule is O=C(Cc1ccc(Cl)cc1)N1CCCN(Cc2ccc(F)cc2)CC1. The molecule has 132 valence electrons. The van der Waals surface area contributed by atoms with Crippen LogP contribution in [0.5, 0.6) is 0 Å². The fourth-order valence-electron chi connectivity index (χ4n) is 3.12. The second kappa shape index (κ2) is 8.45. The van der Waals surface area contributed by atoms with E-state index in [2.05, 4.69) is 4.90 Å². The first kappa shape index (κ1) is 17.9. The fraction of sp³-hybridized carbons (Fsp3) is 0.350. The van der Waals surface area contributed by atoms with Crippen LogP contribution in [0.2, 0.25) is 5.02 Å². The molecule has 0 bridgehead atoms.